The molecule has 0 aliphatic heterocycles. The van der Waals surface area contributed by atoms with Crippen LogP contribution in [0.4, 0.5) is 0 Å². The van der Waals surface area contributed by atoms with E-state index in [9.17, 15) is 0 Å². The average Bonchev–Trinajstić information content (AvgIpc) is 1.61. The van der Waals surface area contributed by atoms with Crippen molar-refractivity contribution in [2.45, 2.75) is 18.7 Å². The van der Waals surface area contributed by atoms with Crippen molar-refractivity contribution in [3.05, 3.63) is 0 Å². The van der Waals surface area contributed by atoms with Crippen LogP contribution in [0.2, 0.25) is 0 Å². The van der Waals surface area contributed by atoms with Gasteiger partial charge in [0, 0.05) is 5.38 Å². The molecule has 0 fully saturated rings. The summed E-state index contributed by atoms with van der Waals surface area (Å²) in [4.78, 5) is 0. The van der Waals surface area contributed by atoms with E-state index in [2.05, 4.69) is 17.1 Å². The SMILES string of the molecule is CC(Cl)CCOS. The zero-order chi connectivity index (χ0) is 5.70. The van der Waals surface area contributed by atoms with E-state index in [0.29, 0.717) is 6.61 Å². The van der Waals surface area contributed by atoms with Crippen molar-refractivity contribution in [1.82, 2.24) is 0 Å². The van der Waals surface area contributed by atoms with Gasteiger partial charge in [-0.2, -0.15) is 0 Å². The topological polar surface area (TPSA) is 9.23 Å². The third kappa shape index (κ3) is 6.60. The average molecular weight is 141 g/mol. The molecule has 3 heteroatoms. The molecule has 0 aliphatic carbocycles. The minimum absolute atomic E-state index is 0.201. The number of hydrogen-bond acceptors (Lipinski definition) is 2. The second-order valence-corrected chi connectivity index (χ2v) is 2.41. The Morgan fingerprint density at radius 2 is 2.43 bits per heavy atom. The first-order chi connectivity index (χ1) is 3.27. The van der Waals surface area contributed by atoms with Crippen LogP contribution in [0.15, 0.2) is 0 Å². The maximum absolute atomic E-state index is 5.54. The summed E-state index contributed by atoms with van der Waals surface area (Å²) in [5.41, 5.74) is 0. The second kappa shape index (κ2) is 4.75. The van der Waals surface area contributed by atoms with Gasteiger partial charge in [-0.25, -0.2) is 0 Å². The molecule has 0 aliphatic rings. The Kier molecular flexibility index (Phi) is 5.16. The standard InChI is InChI=1S/C4H9ClOS/c1-4(5)2-3-6-7/h4,7H,2-3H2,1H3. The first-order valence-electron chi connectivity index (χ1n) is 2.18. The first-order valence-corrected chi connectivity index (χ1v) is 2.98. The molecule has 0 N–H and O–H groups in total. The van der Waals surface area contributed by atoms with Crippen LogP contribution >= 0.6 is 24.5 Å². The van der Waals surface area contributed by atoms with Crippen molar-refractivity contribution < 1.29 is 4.18 Å². The number of hydrogen-bond donors (Lipinski definition) is 1. The summed E-state index contributed by atoms with van der Waals surface area (Å²) in [7, 11) is 0. The Balaban J connectivity index is 2.68. The smallest absolute Gasteiger partial charge is 0.0624 e. The highest BCUT2D eigenvalue weighted by atomic mass is 35.5. The molecule has 0 heterocycles. The van der Waals surface area contributed by atoms with Gasteiger partial charge in [0.25, 0.3) is 0 Å². The normalized spacial score (nSPS) is 14.1. The molecule has 0 saturated carbocycles. The van der Waals surface area contributed by atoms with E-state index in [1.165, 1.54) is 0 Å². The highest BCUT2D eigenvalue weighted by Gasteiger charge is 1.92. The fourth-order valence-electron chi connectivity index (χ4n) is 0.215. The van der Waals surface area contributed by atoms with Crippen LogP contribution in [-0.4, -0.2) is 12.0 Å². The molecule has 0 radical (unpaired) electrons. The fraction of sp³-hybridized carbons (Fsp3) is 1.00. The van der Waals surface area contributed by atoms with Crippen LogP contribution in [0.25, 0.3) is 0 Å². The van der Waals surface area contributed by atoms with Gasteiger partial charge in [-0.05, 0) is 26.3 Å². The van der Waals surface area contributed by atoms with Crippen molar-refractivity contribution in [3.8, 4) is 0 Å². The zero-order valence-electron chi connectivity index (χ0n) is 4.22. The van der Waals surface area contributed by atoms with Gasteiger partial charge in [-0.15, -0.1) is 11.6 Å². The highest BCUT2D eigenvalue weighted by Crippen LogP contribution is 1.99. The molecule has 7 heavy (non-hydrogen) atoms. The van der Waals surface area contributed by atoms with Crippen molar-refractivity contribution in [3.63, 3.8) is 0 Å². The number of rotatable bonds is 3. The molecular weight excluding hydrogens is 132 g/mol. The Labute approximate surface area is 54.6 Å². The lowest BCUT2D eigenvalue weighted by Gasteiger charge is -1.96. The van der Waals surface area contributed by atoms with E-state index in [0.717, 1.165) is 6.42 Å². The lowest BCUT2D eigenvalue weighted by atomic mass is 10.4. The first kappa shape index (κ1) is 7.60. The highest BCUT2D eigenvalue weighted by molar-refractivity contribution is 7.75. The Bertz CT molecular complexity index is 40.7. The maximum Gasteiger partial charge on any atom is 0.0624 e. The van der Waals surface area contributed by atoms with E-state index in [1.807, 2.05) is 6.92 Å². The number of thiol groups is 1. The van der Waals surface area contributed by atoms with Crippen molar-refractivity contribution in [1.29, 1.82) is 0 Å². The molecule has 0 rings (SSSR count). The van der Waals surface area contributed by atoms with Crippen LogP contribution in [0, 0.1) is 0 Å². The van der Waals surface area contributed by atoms with Gasteiger partial charge in [-0.1, -0.05) is 0 Å². The van der Waals surface area contributed by atoms with Gasteiger partial charge in [0.15, 0.2) is 0 Å². The molecular formula is C4H9ClOS. The quantitative estimate of drug-likeness (QED) is 0.358. The van der Waals surface area contributed by atoms with E-state index in [4.69, 9.17) is 11.6 Å². The van der Waals surface area contributed by atoms with Crippen molar-refractivity contribution in [2.75, 3.05) is 6.61 Å². The third-order valence-corrected chi connectivity index (χ3v) is 1.01. The molecule has 1 atom stereocenters. The Morgan fingerprint density at radius 1 is 1.86 bits per heavy atom. The summed E-state index contributed by atoms with van der Waals surface area (Å²) < 4.78 is 4.46. The molecule has 44 valence electrons. The summed E-state index contributed by atoms with van der Waals surface area (Å²) in [6, 6.07) is 0. The summed E-state index contributed by atoms with van der Waals surface area (Å²) >= 11 is 9.08. The summed E-state index contributed by atoms with van der Waals surface area (Å²) in [6.45, 7) is 2.56. The zero-order valence-corrected chi connectivity index (χ0v) is 5.88. The molecule has 0 bridgehead atoms. The molecule has 0 aromatic rings. The van der Waals surface area contributed by atoms with Gasteiger partial charge in [0.1, 0.15) is 0 Å². The Morgan fingerprint density at radius 3 is 2.57 bits per heavy atom. The van der Waals surface area contributed by atoms with E-state index in [1.54, 1.807) is 0 Å². The summed E-state index contributed by atoms with van der Waals surface area (Å²) in [5.74, 6) is 0. The Hall–Kier alpha value is 0.600. The van der Waals surface area contributed by atoms with Crippen LogP contribution in [0.3, 0.4) is 0 Å². The van der Waals surface area contributed by atoms with Crippen LogP contribution < -0.4 is 0 Å². The fourth-order valence-corrected chi connectivity index (χ4v) is 0.410. The van der Waals surface area contributed by atoms with Crippen molar-refractivity contribution in [2.24, 2.45) is 0 Å². The lowest BCUT2D eigenvalue weighted by molar-refractivity contribution is 0.371. The minimum Gasteiger partial charge on any atom is -0.318 e. The molecule has 1 nitrogen and oxygen atoms in total. The maximum atomic E-state index is 5.54. The molecule has 0 aromatic carbocycles. The lowest BCUT2D eigenvalue weighted by Crippen LogP contribution is -1.94. The van der Waals surface area contributed by atoms with Gasteiger partial charge in [-0.3, -0.25) is 0 Å². The molecule has 0 spiro atoms. The van der Waals surface area contributed by atoms with E-state index < -0.39 is 0 Å². The molecule has 0 saturated heterocycles. The third-order valence-electron chi connectivity index (χ3n) is 0.607. The molecule has 1 unspecified atom stereocenters. The van der Waals surface area contributed by atoms with Gasteiger partial charge >= 0.3 is 0 Å². The number of halogens is 1. The molecule has 0 amide bonds. The van der Waals surface area contributed by atoms with E-state index >= 15 is 0 Å². The minimum atomic E-state index is 0.201. The largest absolute Gasteiger partial charge is 0.318 e. The van der Waals surface area contributed by atoms with Gasteiger partial charge in [0.05, 0.1) is 6.61 Å². The van der Waals surface area contributed by atoms with Crippen LogP contribution in [0.5, 0.6) is 0 Å². The predicted octanol–water partition coefficient (Wildman–Crippen LogP) is 1.87. The second-order valence-electron chi connectivity index (χ2n) is 1.40. The van der Waals surface area contributed by atoms with Gasteiger partial charge < -0.3 is 4.18 Å². The monoisotopic (exact) mass is 140 g/mol. The van der Waals surface area contributed by atoms with Gasteiger partial charge in [0.2, 0.25) is 0 Å². The van der Waals surface area contributed by atoms with Crippen molar-refractivity contribution >= 4 is 24.5 Å². The van der Waals surface area contributed by atoms with Crippen LogP contribution in [0.1, 0.15) is 13.3 Å². The molecule has 0 aromatic heterocycles. The summed E-state index contributed by atoms with van der Waals surface area (Å²) in [6.07, 6.45) is 0.866. The predicted molar refractivity (Wildman–Crippen MR) is 34.9 cm³/mol. The van der Waals surface area contributed by atoms with E-state index in [-0.39, 0.29) is 5.38 Å². The summed E-state index contributed by atoms with van der Waals surface area (Å²) in [5, 5.41) is 0.201. The van der Waals surface area contributed by atoms with Crippen LogP contribution in [-0.2, 0) is 4.18 Å². The number of alkyl halides is 1.